The molecule has 1 fully saturated rings. The number of likely N-dealkylation sites (tertiary alicyclic amines) is 1. The Balaban J connectivity index is 2.10. The Morgan fingerprint density at radius 3 is 2.43 bits per heavy atom. The lowest BCUT2D eigenvalue weighted by Crippen LogP contribution is -2.35. The molecule has 1 atom stereocenters. The van der Waals surface area contributed by atoms with Gasteiger partial charge in [-0.15, -0.1) is 0 Å². The highest BCUT2D eigenvalue weighted by Gasteiger charge is 2.46. The molecule has 1 aromatic heterocycles. The number of carbonyl (C=O) groups excluding carboxylic acids is 2. The third kappa shape index (κ3) is 3.82. The van der Waals surface area contributed by atoms with E-state index in [0.29, 0.717) is 24.3 Å². The molecule has 1 aromatic carbocycles. The summed E-state index contributed by atoms with van der Waals surface area (Å²) in [6.07, 6.45) is 2.50. The molecule has 3 rings (SSSR count). The second-order valence-corrected chi connectivity index (χ2v) is 7.10. The summed E-state index contributed by atoms with van der Waals surface area (Å²) in [5.41, 5.74) is 2.30. The highest BCUT2D eigenvalue weighted by Crippen LogP contribution is 2.38. The highest BCUT2D eigenvalue weighted by atomic mass is 16.3. The van der Waals surface area contributed by atoms with E-state index in [0.717, 1.165) is 12.0 Å². The van der Waals surface area contributed by atoms with Gasteiger partial charge in [0.2, 0.25) is 0 Å². The smallest absolute Gasteiger partial charge is 0.295 e. The van der Waals surface area contributed by atoms with Crippen molar-refractivity contribution >= 4 is 17.4 Å². The number of rotatable bonds is 6. The number of Topliss-reactive ketones (excluding diaryl/α,β-unsaturated/α-hetero) is 1. The fraction of sp³-hybridized carbons (Fsp3) is 0.318. The first-order chi connectivity index (χ1) is 13.4. The summed E-state index contributed by atoms with van der Waals surface area (Å²) in [6.45, 7) is 3.01. The van der Waals surface area contributed by atoms with E-state index in [1.165, 1.54) is 4.90 Å². The Morgan fingerprint density at radius 1 is 1.14 bits per heavy atom. The molecule has 0 spiro atoms. The van der Waals surface area contributed by atoms with Gasteiger partial charge in [0.15, 0.2) is 0 Å². The maximum Gasteiger partial charge on any atom is 0.295 e. The van der Waals surface area contributed by atoms with Crippen molar-refractivity contribution in [3.8, 4) is 0 Å². The number of carbonyl (C=O) groups is 2. The van der Waals surface area contributed by atoms with Crippen LogP contribution in [0, 0.1) is 0 Å². The maximum atomic E-state index is 12.8. The van der Waals surface area contributed by atoms with Crippen LogP contribution in [0.4, 0.5) is 0 Å². The van der Waals surface area contributed by atoms with Gasteiger partial charge in [-0.3, -0.25) is 14.6 Å². The van der Waals surface area contributed by atoms with Crippen LogP contribution in [0.2, 0.25) is 0 Å². The lowest BCUT2D eigenvalue weighted by atomic mass is 9.97. The van der Waals surface area contributed by atoms with Crippen molar-refractivity contribution in [1.29, 1.82) is 0 Å². The Kier molecular flexibility index (Phi) is 5.90. The second-order valence-electron chi connectivity index (χ2n) is 7.10. The minimum atomic E-state index is -0.702. The molecule has 28 heavy (non-hydrogen) atoms. The van der Waals surface area contributed by atoms with Gasteiger partial charge >= 0.3 is 0 Å². The van der Waals surface area contributed by atoms with Crippen molar-refractivity contribution in [2.45, 2.75) is 19.4 Å². The van der Waals surface area contributed by atoms with E-state index in [1.54, 1.807) is 30.5 Å². The first kappa shape index (κ1) is 19.8. The summed E-state index contributed by atoms with van der Waals surface area (Å²) in [7, 11) is 3.81. The highest BCUT2D eigenvalue weighted by molar-refractivity contribution is 6.46. The molecule has 6 heteroatoms. The number of aliphatic hydroxyl groups excluding tert-OH is 1. The van der Waals surface area contributed by atoms with Crippen LogP contribution < -0.4 is 0 Å². The molecule has 146 valence electrons. The number of aromatic nitrogens is 1. The number of likely N-dealkylation sites (N-methyl/N-ethyl adjacent to an activating group) is 1. The van der Waals surface area contributed by atoms with Gasteiger partial charge in [0.25, 0.3) is 11.7 Å². The molecule has 0 saturated carbocycles. The van der Waals surface area contributed by atoms with Crippen LogP contribution in [-0.2, 0) is 16.0 Å². The number of hydrogen-bond acceptors (Lipinski definition) is 5. The third-order valence-corrected chi connectivity index (χ3v) is 4.93. The Morgan fingerprint density at radius 2 is 1.86 bits per heavy atom. The molecule has 1 amide bonds. The van der Waals surface area contributed by atoms with E-state index in [1.807, 2.05) is 44.1 Å². The molecule has 1 aliphatic heterocycles. The number of hydrogen-bond donors (Lipinski definition) is 1. The first-order valence-corrected chi connectivity index (χ1v) is 9.37. The van der Waals surface area contributed by atoms with Gasteiger partial charge in [-0.25, -0.2) is 0 Å². The molecule has 1 saturated heterocycles. The molecule has 0 bridgehead atoms. The lowest BCUT2D eigenvalue weighted by Gasteiger charge is -2.25. The molecule has 0 radical (unpaired) electrons. The van der Waals surface area contributed by atoms with Gasteiger partial charge in [0.1, 0.15) is 11.8 Å². The quantitative estimate of drug-likeness (QED) is 0.474. The van der Waals surface area contributed by atoms with Crippen LogP contribution in [0.1, 0.15) is 29.8 Å². The molecular weight excluding hydrogens is 354 g/mol. The van der Waals surface area contributed by atoms with Gasteiger partial charge < -0.3 is 14.9 Å². The van der Waals surface area contributed by atoms with Crippen LogP contribution in [0.15, 0.2) is 54.2 Å². The van der Waals surface area contributed by atoms with E-state index in [-0.39, 0.29) is 11.3 Å². The number of benzene rings is 1. The maximum absolute atomic E-state index is 12.8. The summed E-state index contributed by atoms with van der Waals surface area (Å²) < 4.78 is 0. The van der Waals surface area contributed by atoms with E-state index in [2.05, 4.69) is 4.98 Å². The number of nitrogens with zero attached hydrogens (tertiary/aromatic N) is 3. The molecule has 1 N–H and O–H groups in total. The van der Waals surface area contributed by atoms with Crippen LogP contribution in [0.3, 0.4) is 0 Å². The first-order valence-electron chi connectivity index (χ1n) is 9.37. The van der Waals surface area contributed by atoms with Crippen LogP contribution in [0.5, 0.6) is 0 Å². The molecule has 1 unspecified atom stereocenters. The zero-order chi connectivity index (χ0) is 20.3. The predicted molar refractivity (Wildman–Crippen MR) is 108 cm³/mol. The zero-order valence-electron chi connectivity index (χ0n) is 16.4. The van der Waals surface area contributed by atoms with Crippen molar-refractivity contribution < 1.29 is 14.7 Å². The summed E-state index contributed by atoms with van der Waals surface area (Å²) in [6, 6.07) is 12.0. The fourth-order valence-corrected chi connectivity index (χ4v) is 3.32. The van der Waals surface area contributed by atoms with Crippen molar-refractivity contribution in [2.24, 2.45) is 0 Å². The molecule has 2 heterocycles. The van der Waals surface area contributed by atoms with Gasteiger partial charge in [-0.1, -0.05) is 37.3 Å². The summed E-state index contributed by atoms with van der Waals surface area (Å²) in [5.74, 6) is -1.44. The number of amides is 1. The SMILES string of the molecule is CCc1ccc(/C(O)=C2/C(=O)C(=O)N(CCN(C)C)C2c2ccccn2)cc1. The number of aryl methyl sites for hydroxylation is 1. The van der Waals surface area contributed by atoms with E-state index < -0.39 is 17.7 Å². The van der Waals surface area contributed by atoms with E-state index in [9.17, 15) is 14.7 Å². The lowest BCUT2D eigenvalue weighted by molar-refractivity contribution is -0.140. The van der Waals surface area contributed by atoms with Gasteiger partial charge in [-0.2, -0.15) is 0 Å². The minimum Gasteiger partial charge on any atom is -0.507 e. The monoisotopic (exact) mass is 379 g/mol. The average molecular weight is 379 g/mol. The second kappa shape index (κ2) is 8.35. The normalized spacial score (nSPS) is 18.9. The van der Waals surface area contributed by atoms with Crippen LogP contribution in [0.25, 0.3) is 5.76 Å². The number of pyridine rings is 1. The third-order valence-electron chi connectivity index (χ3n) is 4.93. The number of aliphatic hydroxyl groups is 1. The summed E-state index contributed by atoms with van der Waals surface area (Å²) in [4.78, 5) is 33.4. The van der Waals surface area contributed by atoms with Gasteiger partial charge in [0.05, 0.1) is 11.3 Å². The van der Waals surface area contributed by atoms with Crippen molar-refractivity contribution in [2.75, 3.05) is 27.2 Å². The molecule has 1 aliphatic rings. The Bertz CT molecular complexity index is 889. The molecule has 6 nitrogen and oxygen atoms in total. The molecular formula is C22H25N3O3. The van der Waals surface area contributed by atoms with E-state index >= 15 is 0 Å². The van der Waals surface area contributed by atoms with Gasteiger partial charge in [-0.05, 0) is 38.2 Å². The standard InChI is InChI=1S/C22H25N3O3/c1-4-15-8-10-16(11-9-15)20(26)18-19(17-7-5-6-12-23-17)25(14-13-24(2)3)22(28)21(18)27/h5-12,19,26H,4,13-14H2,1-3H3/b20-18-. The number of ketones is 1. The van der Waals surface area contributed by atoms with Gasteiger partial charge in [0, 0.05) is 24.8 Å². The Hall–Kier alpha value is -2.99. The predicted octanol–water partition coefficient (Wildman–Crippen LogP) is 2.63. The van der Waals surface area contributed by atoms with Crippen LogP contribution >= 0.6 is 0 Å². The van der Waals surface area contributed by atoms with Crippen LogP contribution in [-0.4, -0.2) is 58.8 Å². The Labute approximate surface area is 165 Å². The van der Waals surface area contributed by atoms with Crippen molar-refractivity contribution in [3.63, 3.8) is 0 Å². The van der Waals surface area contributed by atoms with Crippen molar-refractivity contribution in [1.82, 2.24) is 14.8 Å². The van der Waals surface area contributed by atoms with Crippen molar-refractivity contribution in [3.05, 3.63) is 71.1 Å². The largest absolute Gasteiger partial charge is 0.507 e. The summed E-state index contributed by atoms with van der Waals surface area (Å²) >= 11 is 0. The average Bonchev–Trinajstić information content (AvgIpc) is 2.97. The zero-order valence-corrected chi connectivity index (χ0v) is 16.4. The topological polar surface area (TPSA) is 73.7 Å². The van der Waals surface area contributed by atoms with E-state index in [4.69, 9.17) is 0 Å². The molecule has 0 aliphatic carbocycles. The summed E-state index contributed by atoms with van der Waals surface area (Å²) in [5, 5.41) is 10.9. The molecule has 2 aromatic rings. The minimum absolute atomic E-state index is 0.0895. The fourth-order valence-electron chi connectivity index (χ4n) is 3.32.